The number of para-hydroxylation sites is 1. The van der Waals surface area contributed by atoms with Gasteiger partial charge in [-0.3, -0.25) is 10.1 Å². The van der Waals surface area contributed by atoms with E-state index < -0.39 is 17.1 Å². The van der Waals surface area contributed by atoms with E-state index in [1.54, 1.807) is 18.2 Å². The zero-order chi connectivity index (χ0) is 12.7. The average molecular weight is 247 g/mol. The highest BCUT2D eigenvalue weighted by atomic mass is 16.6. The fourth-order valence-corrected chi connectivity index (χ4v) is 1.95. The molecule has 0 aromatic heterocycles. The minimum absolute atomic E-state index is 0.0429. The number of hydrogen-bond acceptors (Lipinski definition) is 5. The highest BCUT2D eigenvalue weighted by molar-refractivity contribution is 5.52. The molecule has 1 N–H and O–H groups in total. The topological polar surface area (TPSA) is 81.8 Å². The van der Waals surface area contributed by atoms with Gasteiger partial charge >= 0.3 is 0 Å². The first kappa shape index (κ1) is 10.6. The number of benzene rings is 1. The number of rotatable bonds is 1. The molecule has 18 heavy (non-hydrogen) atoms. The fraction of sp³-hybridized carbons (Fsp3) is 0.167. The van der Waals surface area contributed by atoms with Gasteiger partial charge < -0.3 is 14.6 Å². The summed E-state index contributed by atoms with van der Waals surface area (Å²) in [6.07, 6.45) is 3.33. The van der Waals surface area contributed by atoms with Gasteiger partial charge in [-0.1, -0.05) is 6.07 Å². The summed E-state index contributed by atoms with van der Waals surface area (Å²) in [5.41, 5.74) is -0.0429. The second-order valence-corrected chi connectivity index (χ2v) is 3.98. The van der Waals surface area contributed by atoms with Gasteiger partial charge in [-0.25, -0.2) is 0 Å². The van der Waals surface area contributed by atoms with Crippen molar-refractivity contribution in [3.63, 3.8) is 0 Å². The summed E-state index contributed by atoms with van der Waals surface area (Å²) in [6.45, 7) is 0. The molecule has 2 unspecified atom stereocenters. The minimum Gasteiger partial charge on any atom is -0.504 e. The highest BCUT2D eigenvalue weighted by Crippen LogP contribution is 2.42. The molecule has 1 heterocycles. The third-order valence-corrected chi connectivity index (χ3v) is 2.80. The van der Waals surface area contributed by atoms with Gasteiger partial charge in [-0.2, -0.15) is 0 Å². The molecule has 2 atom stereocenters. The Balaban J connectivity index is 1.97. The van der Waals surface area contributed by atoms with E-state index in [1.165, 1.54) is 18.2 Å². The van der Waals surface area contributed by atoms with E-state index >= 15 is 0 Å². The van der Waals surface area contributed by atoms with E-state index in [-0.39, 0.29) is 17.2 Å². The number of nitro groups is 1. The van der Waals surface area contributed by atoms with Crippen molar-refractivity contribution in [2.75, 3.05) is 0 Å². The lowest BCUT2D eigenvalue weighted by atomic mass is 10.0. The largest absolute Gasteiger partial charge is 0.504 e. The predicted octanol–water partition coefficient (Wildman–Crippen LogP) is 1.63. The Morgan fingerprint density at radius 3 is 2.89 bits per heavy atom. The van der Waals surface area contributed by atoms with Crippen molar-refractivity contribution < 1.29 is 19.5 Å². The van der Waals surface area contributed by atoms with Gasteiger partial charge in [0.15, 0.2) is 23.7 Å². The van der Waals surface area contributed by atoms with Crippen LogP contribution in [-0.2, 0) is 0 Å². The smallest absolute Gasteiger partial charge is 0.269 e. The van der Waals surface area contributed by atoms with Crippen molar-refractivity contribution in [2.24, 2.45) is 0 Å². The molecule has 0 amide bonds. The summed E-state index contributed by atoms with van der Waals surface area (Å²) in [7, 11) is 0. The van der Waals surface area contributed by atoms with Crippen LogP contribution >= 0.6 is 0 Å². The molecule has 0 saturated heterocycles. The molecule has 0 saturated carbocycles. The molecule has 1 aliphatic carbocycles. The first-order valence-corrected chi connectivity index (χ1v) is 5.35. The Labute approximate surface area is 102 Å². The zero-order valence-electron chi connectivity index (χ0n) is 9.15. The molecule has 0 radical (unpaired) electrons. The first-order valence-electron chi connectivity index (χ1n) is 5.35. The maximum absolute atomic E-state index is 10.7. The molecule has 6 nitrogen and oxygen atoms in total. The fourth-order valence-electron chi connectivity index (χ4n) is 1.95. The Hall–Kier alpha value is -2.50. The number of ether oxygens (including phenoxy) is 2. The van der Waals surface area contributed by atoms with Gasteiger partial charge in [0.1, 0.15) is 0 Å². The van der Waals surface area contributed by atoms with Crippen molar-refractivity contribution >= 4 is 0 Å². The molecule has 6 heteroatoms. The molecule has 1 aromatic rings. The number of hydrogen-bond donors (Lipinski definition) is 1. The lowest BCUT2D eigenvalue weighted by molar-refractivity contribution is -0.420. The number of fused-ring (bicyclic) bond motifs is 2. The summed E-state index contributed by atoms with van der Waals surface area (Å²) < 4.78 is 11.1. The van der Waals surface area contributed by atoms with Gasteiger partial charge in [0.05, 0.1) is 4.92 Å². The number of phenols is 1. The average Bonchev–Trinajstić information content (AvgIpc) is 2.36. The Morgan fingerprint density at radius 1 is 1.28 bits per heavy atom. The van der Waals surface area contributed by atoms with Crippen molar-refractivity contribution in [3.05, 3.63) is 52.2 Å². The number of aromatic hydroxyl groups is 1. The maximum Gasteiger partial charge on any atom is 0.269 e. The van der Waals surface area contributed by atoms with Gasteiger partial charge in [0.25, 0.3) is 5.70 Å². The summed E-state index contributed by atoms with van der Waals surface area (Å²) in [4.78, 5) is 10.2. The van der Waals surface area contributed by atoms with Crippen LogP contribution in [-0.4, -0.2) is 22.2 Å². The predicted molar refractivity (Wildman–Crippen MR) is 61.2 cm³/mol. The third kappa shape index (κ3) is 1.58. The summed E-state index contributed by atoms with van der Waals surface area (Å²) in [6, 6.07) is 4.79. The summed E-state index contributed by atoms with van der Waals surface area (Å²) in [5.74, 6) is 0.600. The van der Waals surface area contributed by atoms with Crippen molar-refractivity contribution in [2.45, 2.75) is 12.2 Å². The van der Waals surface area contributed by atoms with Gasteiger partial charge in [-0.15, -0.1) is 0 Å². The standard InChI is InChI=1S/C12H9NO5/c14-8-2-1-3-10-12(8)18-11-6-7(13(15)16)4-5-9(11)17-10/h1-6,9,11,14H. The minimum atomic E-state index is -0.601. The number of nitrogens with zero attached hydrogens (tertiary/aromatic N) is 1. The van der Waals surface area contributed by atoms with E-state index in [9.17, 15) is 15.2 Å². The molecular formula is C12H9NO5. The lowest BCUT2D eigenvalue weighted by Gasteiger charge is -2.31. The Morgan fingerprint density at radius 2 is 2.11 bits per heavy atom. The second kappa shape index (κ2) is 3.76. The van der Waals surface area contributed by atoms with Crippen LogP contribution in [0.5, 0.6) is 17.2 Å². The van der Waals surface area contributed by atoms with Crippen LogP contribution < -0.4 is 9.47 Å². The molecule has 1 aromatic carbocycles. The Bertz CT molecular complexity index is 578. The zero-order valence-corrected chi connectivity index (χ0v) is 9.15. The van der Waals surface area contributed by atoms with E-state index in [0.717, 1.165) is 0 Å². The monoisotopic (exact) mass is 247 g/mol. The molecule has 2 aliphatic rings. The SMILES string of the molecule is O=[N+]([O-])C1=CC2Oc3c(O)cccc3OC2C=C1. The molecule has 92 valence electrons. The van der Waals surface area contributed by atoms with Crippen LogP contribution in [0.1, 0.15) is 0 Å². The van der Waals surface area contributed by atoms with E-state index in [0.29, 0.717) is 5.75 Å². The normalized spacial score (nSPS) is 24.1. The van der Waals surface area contributed by atoms with Crippen molar-refractivity contribution in [1.29, 1.82) is 0 Å². The quantitative estimate of drug-likeness (QED) is 0.602. The lowest BCUT2D eigenvalue weighted by Crippen LogP contribution is -2.39. The molecular weight excluding hydrogens is 238 g/mol. The molecule has 0 spiro atoms. The summed E-state index contributed by atoms with van der Waals surface area (Å²) in [5, 5.41) is 20.3. The van der Waals surface area contributed by atoms with E-state index in [1.807, 2.05) is 0 Å². The molecule has 0 bridgehead atoms. The molecule has 0 fully saturated rings. The molecule has 1 aliphatic heterocycles. The van der Waals surface area contributed by atoms with Crippen LogP contribution in [0.25, 0.3) is 0 Å². The first-order chi connectivity index (χ1) is 8.65. The number of allylic oxidation sites excluding steroid dienone is 1. The van der Waals surface area contributed by atoms with Crippen LogP contribution in [0.3, 0.4) is 0 Å². The third-order valence-electron chi connectivity index (χ3n) is 2.80. The second-order valence-electron chi connectivity index (χ2n) is 3.98. The Kier molecular flexibility index (Phi) is 2.22. The summed E-state index contributed by atoms with van der Waals surface area (Å²) >= 11 is 0. The number of phenolic OH excluding ortho intramolecular Hbond substituents is 1. The highest BCUT2D eigenvalue weighted by Gasteiger charge is 2.34. The van der Waals surface area contributed by atoms with Crippen molar-refractivity contribution in [3.8, 4) is 17.2 Å². The molecule has 3 rings (SSSR count). The van der Waals surface area contributed by atoms with Crippen LogP contribution in [0.4, 0.5) is 0 Å². The van der Waals surface area contributed by atoms with E-state index in [4.69, 9.17) is 9.47 Å². The van der Waals surface area contributed by atoms with Gasteiger partial charge in [0, 0.05) is 12.2 Å². The van der Waals surface area contributed by atoms with Gasteiger partial charge in [-0.05, 0) is 18.2 Å². The van der Waals surface area contributed by atoms with E-state index in [2.05, 4.69) is 0 Å². The maximum atomic E-state index is 10.7. The van der Waals surface area contributed by atoms with Gasteiger partial charge in [0.2, 0.25) is 5.75 Å². The van der Waals surface area contributed by atoms with Crippen LogP contribution in [0.2, 0.25) is 0 Å². The van der Waals surface area contributed by atoms with Crippen LogP contribution in [0.15, 0.2) is 42.1 Å². The van der Waals surface area contributed by atoms with Crippen LogP contribution in [0, 0.1) is 10.1 Å². The van der Waals surface area contributed by atoms with Crippen molar-refractivity contribution in [1.82, 2.24) is 0 Å².